The van der Waals surface area contributed by atoms with E-state index in [1.54, 1.807) is 11.8 Å². The highest BCUT2D eigenvalue weighted by atomic mass is 16.2. The fourth-order valence-electron chi connectivity index (χ4n) is 1.52. The first-order chi connectivity index (χ1) is 7.11. The van der Waals surface area contributed by atoms with Gasteiger partial charge in [0.2, 0.25) is 5.91 Å². The summed E-state index contributed by atoms with van der Waals surface area (Å²) >= 11 is 0. The molecular formula is C13H19NO. The maximum Gasteiger partial charge on any atom is 0.219 e. The first-order valence-corrected chi connectivity index (χ1v) is 5.38. The summed E-state index contributed by atoms with van der Waals surface area (Å²) in [5.41, 5.74) is 1.33. The Hall–Kier alpha value is -1.31. The smallest absolute Gasteiger partial charge is 0.219 e. The molecule has 2 heteroatoms. The number of amides is 1. The molecule has 0 aliphatic rings. The predicted octanol–water partition coefficient (Wildman–Crippen LogP) is 2.49. The molecule has 0 aliphatic heterocycles. The summed E-state index contributed by atoms with van der Waals surface area (Å²) in [4.78, 5) is 12.9. The van der Waals surface area contributed by atoms with Gasteiger partial charge in [0.15, 0.2) is 0 Å². The number of carbonyl (C=O) groups excluding carboxylic acids is 1. The van der Waals surface area contributed by atoms with Gasteiger partial charge in [0.1, 0.15) is 0 Å². The highest BCUT2D eigenvalue weighted by Crippen LogP contribution is 2.08. The minimum Gasteiger partial charge on any atom is -0.343 e. The van der Waals surface area contributed by atoms with Gasteiger partial charge in [-0.1, -0.05) is 30.3 Å². The van der Waals surface area contributed by atoms with Crippen molar-refractivity contribution in [2.75, 3.05) is 7.05 Å². The molecule has 0 saturated carbocycles. The second-order valence-corrected chi connectivity index (χ2v) is 4.00. The van der Waals surface area contributed by atoms with Crippen LogP contribution in [0.25, 0.3) is 0 Å². The molecule has 0 N–H and O–H groups in total. The van der Waals surface area contributed by atoms with Crippen molar-refractivity contribution in [2.45, 2.75) is 32.7 Å². The van der Waals surface area contributed by atoms with Crippen LogP contribution >= 0.6 is 0 Å². The van der Waals surface area contributed by atoms with Gasteiger partial charge < -0.3 is 4.90 Å². The molecule has 1 aromatic carbocycles. The Morgan fingerprint density at radius 2 is 1.93 bits per heavy atom. The quantitative estimate of drug-likeness (QED) is 0.739. The molecule has 0 aromatic heterocycles. The Morgan fingerprint density at radius 1 is 1.33 bits per heavy atom. The lowest BCUT2D eigenvalue weighted by Gasteiger charge is -2.23. The van der Waals surface area contributed by atoms with E-state index in [2.05, 4.69) is 31.2 Å². The van der Waals surface area contributed by atoms with E-state index in [1.165, 1.54) is 5.56 Å². The summed E-state index contributed by atoms with van der Waals surface area (Å²) in [5, 5.41) is 0. The van der Waals surface area contributed by atoms with Crippen LogP contribution in [0.3, 0.4) is 0 Å². The monoisotopic (exact) mass is 205 g/mol. The standard InChI is InChI=1S/C13H19NO/c1-11(14(3)12(2)15)9-10-13-7-5-4-6-8-13/h4-8,11H,9-10H2,1-3H3. The fourth-order valence-corrected chi connectivity index (χ4v) is 1.52. The third-order valence-electron chi connectivity index (χ3n) is 2.85. The minimum absolute atomic E-state index is 0.135. The van der Waals surface area contributed by atoms with Crippen LogP contribution in [0.5, 0.6) is 0 Å². The molecule has 0 aliphatic carbocycles. The number of aryl methyl sites for hydroxylation is 1. The van der Waals surface area contributed by atoms with Crippen LogP contribution in [-0.2, 0) is 11.2 Å². The van der Waals surface area contributed by atoms with Crippen molar-refractivity contribution in [3.8, 4) is 0 Å². The predicted molar refractivity (Wildman–Crippen MR) is 62.7 cm³/mol. The summed E-state index contributed by atoms with van der Waals surface area (Å²) in [6.07, 6.45) is 2.04. The van der Waals surface area contributed by atoms with Crippen molar-refractivity contribution in [3.63, 3.8) is 0 Å². The minimum atomic E-state index is 0.135. The summed E-state index contributed by atoms with van der Waals surface area (Å²) in [6.45, 7) is 3.70. The second-order valence-electron chi connectivity index (χ2n) is 4.00. The van der Waals surface area contributed by atoms with Crippen LogP contribution in [0.2, 0.25) is 0 Å². The normalized spacial score (nSPS) is 12.2. The highest BCUT2D eigenvalue weighted by Gasteiger charge is 2.10. The van der Waals surface area contributed by atoms with Crippen molar-refractivity contribution >= 4 is 5.91 Å². The van der Waals surface area contributed by atoms with Crippen molar-refractivity contribution in [2.24, 2.45) is 0 Å². The zero-order chi connectivity index (χ0) is 11.3. The van der Waals surface area contributed by atoms with E-state index < -0.39 is 0 Å². The van der Waals surface area contributed by atoms with E-state index in [1.807, 2.05) is 13.1 Å². The Balaban J connectivity index is 2.41. The molecule has 1 rings (SSSR count). The SMILES string of the molecule is CC(=O)N(C)C(C)CCc1ccccc1. The maximum absolute atomic E-state index is 11.1. The average Bonchev–Trinajstić information content (AvgIpc) is 2.26. The van der Waals surface area contributed by atoms with Gasteiger partial charge in [-0.05, 0) is 25.3 Å². The van der Waals surface area contributed by atoms with Gasteiger partial charge in [0, 0.05) is 20.0 Å². The number of nitrogens with zero attached hydrogens (tertiary/aromatic N) is 1. The van der Waals surface area contributed by atoms with Crippen molar-refractivity contribution in [1.29, 1.82) is 0 Å². The van der Waals surface area contributed by atoms with Gasteiger partial charge in [-0.3, -0.25) is 4.79 Å². The third-order valence-corrected chi connectivity index (χ3v) is 2.85. The molecule has 0 heterocycles. The van der Waals surface area contributed by atoms with Crippen molar-refractivity contribution in [1.82, 2.24) is 4.90 Å². The van der Waals surface area contributed by atoms with Crippen LogP contribution in [-0.4, -0.2) is 23.9 Å². The fraction of sp³-hybridized carbons (Fsp3) is 0.462. The van der Waals surface area contributed by atoms with E-state index in [-0.39, 0.29) is 5.91 Å². The van der Waals surface area contributed by atoms with Crippen LogP contribution in [0.15, 0.2) is 30.3 Å². The van der Waals surface area contributed by atoms with E-state index in [9.17, 15) is 4.79 Å². The number of hydrogen-bond acceptors (Lipinski definition) is 1. The zero-order valence-electron chi connectivity index (χ0n) is 9.73. The van der Waals surface area contributed by atoms with E-state index in [0.29, 0.717) is 6.04 Å². The number of benzene rings is 1. The lowest BCUT2D eigenvalue weighted by atomic mass is 10.1. The van der Waals surface area contributed by atoms with Gasteiger partial charge in [0.05, 0.1) is 0 Å². The number of rotatable bonds is 4. The van der Waals surface area contributed by atoms with E-state index >= 15 is 0 Å². The largest absolute Gasteiger partial charge is 0.343 e. The first kappa shape index (κ1) is 11.8. The Morgan fingerprint density at radius 3 is 2.47 bits per heavy atom. The molecule has 0 fully saturated rings. The van der Waals surface area contributed by atoms with Crippen LogP contribution in [0.1, 0.15) is 25.8 Å². The summed E-state index contributed by atoms with van der Waals surface area (Å²) in [6, 6.07) is 10.7. The zero-order valence-corrected chi connectivity index (χ0v) is 9.73. The number of hydrogen-bond donors (Lipinski definition) is 0. The Kier molecular flexibility index (Phi) is 4.35. The highest BCUT2D eigenvalue weighted by molar-refractivity contribution is 5.73. The Labute approximate surface area is 91.9 Å². The van der Waals surface area contributed by atoms with Crippen molar-refractivity contribution in [3.05, 3.63) is 35.9 Å². The van der Waals surface area contributed by atoms with Gasteiger partial charge in [-0.25, -0.2) is 0 Å². The topological polar surface area (TPSA) is 20.3 Å². The van der Waals surface area contributed by atoms with E-state index in [4.69, 9.17) is 0 Å². The molecule has 2 nitrogen and oxygen atoms in total. The third kappa shape index (κ3) is 3.74. The second kappa shape index (κ2) is 5.54. The maximum atomic E-state index is 11.1. The Bertz CT molecular complexity index is 308. The molecule has 0 radical (unpaired) electrons. The lowest BCUT2D eigenvalue weighted by molar-refractivity contribution is -0.129. The summed E-state index contributed by atoms with van der Waals surface area (Å²) < 4.78 is 0. The van der Waals surface area contributed by atoms with Crippen LogP contribution in [0, 0.1) is 0 Å². The lowest BCUT2D eigenvalue weighted by Crippen LogP contribution is -2.33. The first-order valence-electron chi connectivity index (χ1n) is 5.38. The molecule has 1 amide bonds. The van der Waals surface area contributed by atoms with Crippen molar-refractivity contribution < 1.29 is 4.79 Å². The summed E-state index contributed by atoms with van der Waals surface area (Å²) in [7, 11) is 1.86. The average molecular weight is 205 g/mol. The molecule has 82 valence electrons. The number of carbonyl (C=O) groups is 1. The molecule has 1 unspecified atom stereocenters. The molecule has 0 spiro atoms. The van der Waals surface area contributed by atoms with Crippen LogP contribution < -0.4 is 0 Å². The van der Waals surface area contributed by atoms with Crippen LogP contribution in [0.4, 0.5) is 0 Å². The molecule has 1 aromatic rings. The summed E-state index contributed by atoms with van der Waals surface area (Å²) in [5.74, 6) is 0.135. The van der Waals surface area contributed by atoms with Gasteiger partial charge in [0.25, 0.3) is 0 Å². The molecular weight excluding hydrogens is 186 g/mol. The van der Waals surface area contributed by atoms with Gasteiger partial charge in [-0.15, -0.1) is 0 Å². The van der Waals surface area contributed by atoms with Gasteiger partial charge in [-0.2, -0.15) is 0 Å². The molecule has 0 saturated heterocycles. The van der Waals surface area contributed by atoms with E-state index in [0.717, 1.165) is 12.8 Å². The van der Waals surface area contributed by atoms with Gasteiger partial charge >= 0.3 is 0 Å². The molecule has 0 bridgehead atoms. The molecule has 15 heavy (non-hydrogen) atoms. The molecule has 1 atom stereocenters.